The number of hydrogen-bond donors (Lipinski definition) is 2. The van der Waals surface area contributed by atoms with Crippen LogP contribution < -0.4 is 5.32 Å². The molecule has 0 spiro atoms. The fourth-order valence-electron chi connectivity index (χ4n) is 3.08. The van der Waals surface area contributed by atoms with E-state index in [0.29, 0.717) is 29.8 Å². The normalized spacial score (nSPS) is 14.9. The van der Waals surface area contributed by atoms with Gasteiger partial charge in [-0.1, -0.05) is 24.3 Å². The molecule has 1 heterocycles. The van der Waals surface area contributed by atoms with Crippen molar-refractivity contribution in [2.24, 2.45) is 0 Å². The van der Waals surface area contributed by atoms with Gasteiger partial charge in [0.25, 0.3) is 5.91 Å². The van der Waals surface area contributed by atoms with Crippen LogP contribution in [0, 0.1) is 0 Å². The molecule has 0 saturated carbocycles. The number of hydrogen-bond acceptors (Lipinski definition) is 3. The molecule has 0 aliphatic carbocycles. The number of anilines is 1. The zero-order chi connectivity index (χ0) is 19.4. The molecule has 2 N–H and O–H groups in total. The minimum Gasteiger partial charge on any atom is -0.481 e. The maximum absolute atomic E-state index is 12.4. The van der Waals surface area contributed by atoms with Crippen LogP contribution in [0.15, 0.2) is 48.5 Å². The first-order valence-electron chi connectivity index (χ1n) is 8.95. The molecule has 1 fully saturated rings. The Morgan fingerprint density at radius 3 is 2.56 bits per heavy atom. The Morgan fingerprint density at radius 1 is 1.19 bits per heavy atom. The molecule has 0 aromatic heterocycles. The fraction of sp³-hybridized carbons (Fsp3) is 0.286. The van der Waals surface area contributed by atoms with Crippen molar-refractivity contribution in [3.63, 3.8) is 0 Å². The maximum Gasteiger partial charge on any atom is 0.310 e. The number of amides is 2. The molecular weight excluding hydrogens is 344 g/mol. The van der Waals surface area contributed by atoms with Crippen LogP contribution in [0.3, 0.4) is 0 Å². The molecule has 2 aromatic rings. The number of carboxylic acid groups (broad SMARTS) is 1. The molecule has 3 rings (SSSR count). The van der Waals surface area contributed by atoms with Crippen molar-refractivity contribution < 1.29 is 19.5 Å². The van der Waals surface area contributed by atoms with Crippen LogP contribution in [-0.4, -0.2) is 34.3 Å². The minimum absolute atomic E-state index is 0.173. The van der Waals surface area contributed by atoms with Crippen molar-refractivity contribution in [3.05, 3.63) is 65.2 Å². The molecule has 6 heteroatoms. The van der Waals surface area contributed by atoms with Gasteiger partial charge in [0, 0.05) is 30.8 Å². The van der Waals surface area contributed by atoms with Crippen LogP contribution in [0.1, 0.15) is 47.2 Å². The van der Waals surface area contributed by atoms with E-state index < -0.39 is 11.9 Å². The van der Waals surface area contributed by atoms with Gasteiger partial charge in [-0.25, -0.2) is 0 Å². The first-order chi connectivity index (χ1) is 12.9. The summed E-state index contributed by atoms with van der Waals surface area (Å²) in [6.45, 7) is 2.95. The van der Waals surface area contributed by atoms with Crippen molar-refractivity contribution in [2.75, 3.05) is 11.9 Å². The smallest absolute Gasteiger partial charge is 0.310 e. The van der Waals surface area contributed by atoms with Gasteiger partial charge in [-0.3, -0.25) is 14.4 Å². The standard InChI is InChI=1S/C21H22N2O4/c1-14(21(26)27)17-4-2-5-18(12-17)22-20(25)16-9-7-15(8-10-16)13-23-11-3-6-19(23)24/h2,4-5,7-10,12,14H,3,6,11,13H2,1H3,(H,22,25)(H,26,27). The van der Waals surface area contributed by atoms with E-state index in [0.717, 1.165) is 18.5 Å². The third-order valence-corrected chi connectivity index (χ3v) is 4.78. The summed E-state index contributed by atoms with van der Waals surface area (Å²) in [5.41, 5.74) is 2.67. The Hall–Kier alpha value is -3.15. The van der Waals surface area contributed by atoms with Crippen molar-refractivity contribution in [3.8, 4) is 0 Å². The number of benzene rings is 2. The van der Waals surface area contributed by atoms with E-state index in [2.05, 4.69) is 5.32 Å². The number of carboxylic acids is 1. The number of nitrogens with zero attached hydrogens (tertiary/aromatic N) is 1. The fourth-order valence-corrected chi connectivity index (χ4v) is 3.08. The molecule has 1 aliphatic rings. The first kappa shape index (κ1) is 18.6. The van der Waals surface area contributed by atoms with Gasteiger partial charge in [-0.2, -0.15) is 0 Å². The highest BCUT2D eigenvalue weighted by atomic mass is 16.4. The Labute approximate surface area is 157 Å². The lowest BCUT2D eigenvalue weighted by molar-refractivity contribution is -0.138. The van der Waals surface area contributed by atoms with Gasteiger partial charge in [0.05, 0.1) is 5.92 Å². The Bertz CT molecular complexity index is 861. The molecule has 1 aliphatic heterocycles. The first-order valence-corrected chi connectivity index (χ1v) is 8.95. The summed E-state index contributed by atoms with van der Waals surface area (Å²) in [6.07, 6.45) is 1.51. The van der Waals surface area contributed by atoms with Gasteiger partial charge in [0.15, 0.2) is 0 Å². The molecule has 1 atom stereocenters. The summed E-state index contributed by atoms with van der Waals surface area (Å²) in [5, 5.41) is 11.9. The van der Waals surface area contributed by atoms with Crippen molar-refractivity contribution >= 4 is 23.5 Å². The predicted octanol–water partition coefficient (Wildman–Crippen LogP) is 3.25. The third kappa shape index (κ3) is 4.53. The van der Waals surface area contributed by atoms with Crippen LogP contribution in [0.2, 0.25) is 0 Å². The van der Waals surface area contributed by atoms with E-state index in [1.807, 2.05) is 17.0 Å². The summed E-state index contributed by atoms with van der Waals surface area (Å²) in [7, 11) is 0. The van der Waals surface area contributed by atoms with Gasteiger partial charge >= 0.3 is 5.97 Å². The van der Waals surface area contributed by atoms with Gasteiger partial charge in [0.1, 0.15) is 0 Å². The number of nitrogens with one attached hydrogen (secondary N) is 1. The lowest BCUT2D eigenvalue weighted by atomic mass is 10.0. The summed E-state index contributed by atoms with van der Waals surface area (Å²) >= 11 is 0. The predicted molar refractivity (Wildman–Crippen MR) is 102 cm³/mol. The second-order valence-corrected chi connectivity index (χ2v) is 6.76. The molecule has 2 aromatic carbocycles. The average molecular weight is 366 g/mol. The largest absolute Gasteiger partial charge is 0.481 e. The Balaban J connectivity index is 1.65. The van der Waals surface area contributed by atoms with Gasteiger partial charge < -0.3 is 15.3 Å². The quantitative estimate of drug-likeness (QED) is 0.822. The van der Waals surface area contributed by atoms with Crippen LogP contribution in [0.5, 0.6) is 0 Å². The molecule has 2 amide bonds. The third-order valence-electron chi connectivity index (χ3n) is 4.78. The number of rotatable bonds is 6. The van der Waals surface area contributed by atoms with Gasteiger partial charge in [0.2, 0.25) is 5.91 Å². The Kier molecular flexibility index (Phi) is 5.54. The zero-order valence-electron chi connectivity index (χ0n) is 15.1. The van der Waals surface area contributed by atoms with Crippen LogP contribution >= 0.6 is 0 Å². The van der Waals surface area contributed by atoms with E-state index >= 15 is 0 Å². The number of likely N-dealkylation sites (tertiary alicyclic amines) is 1. The molecule has 0 radical (unpaired) electrons. The van der Waals surface area contributed by atoms with E-state index in [-0.39, 0.29) is 11.8 Å². The molecule has 0 bridgehead atoms. The molecule has 140 valence electrons. The summed E-state index contributed by atoms with van der Waals surface area (Å²) < 4.78 is 0. The van der Waals surface area contributed by atoms with Crippen LogP contribution in [0.4, 0.5) is 5.69 Å². The Morgan fingerprint density at radius 2 is 1.93 bits per heavy atom. The van der Waals surface area contributed by atoms with Crippen molar-refractivity contribution in [1.82, 2.24) is 4.90 Å². The lowest BCUT2D eigenvalue weighted by Crippen LogP contribution is -2.23. The number of carbonyl (C=O) groups is 3. The maximum atomic E-state index is 12.4. The molecule has 1 saturated heterocycles. The second kappa shape index (κ2) is 8.03. The summed E-state index contributed by atoms with van der Waals surface area (Å²) in [6, 6.07) is 14.0. The van der Waals surface area contributed by atoms with Crippen LogP contribution in [0.25, 0.3) is 0 Å². The average Bonchev–Trinajstić information content (AvgIpc) is 3.06. The second-order valence-electron chi connectivity index (χ2n) is 6.76. The van der Waals surface area contributed by atoms with E-state index in [1.165, 1.54) is 0 Å². The van der Waals surface area contributed by atoms with Gasteiger partial charge in [-0.15, -0.1) is 0 Å². The molecule has 27 heavy (non-hydrogen) atoms. The SMILES string of the molecule is CC(C(=O)O)c1cccc(NC(=O)c2ccc(CN3CCCC3=O)cc2)c1. The van der Waals surface area contributed by atoms with E-state index in [9.17, 15) is 14.4 Å². The number of aliphatic carboxylic acids is 1. The zero-order valence-corrected chi connectivity index (χ0v) is 15.1. The molecule has 6 nitrogen and oxygen atoms in total. The number of carbonyl (C=O) groups excluding carboxylic acids is 2. The lowest BCUT2D eigenvalue weighted by Gasteiger charge is -2.15. The summed E-state index contributed by atoms with van der Waals surface area (Å²) in [5.74, 6) is -1.65. The molecule has 1 unspecified atom stereocenters. The highest BCUT2D eigenvalue weighted by Crippen LogP contribution is 2.20. The molecular formula is C21H22N2O4. The van der Waals surface area contributed by atoms with Crippen molar-refractivity contribution in [2.45, 2.75) is 32.2 Å². The minimum atomic E-state index is -0.912. The summed E-state index contributed by atoms with van der Waals surface area (Å²) in [4.78, 5) is 37.1. The van der Waals surface area contributed by atoms with E-state index in [4.69, 9.17) is 5.11 Å². The highest BCUT2D eigenvalue weighted by Gasteiger charge is 2.20. The van der Waals surface area contributed by atoms with Crippen molar-refractivity contribution in [1.29, 1.82) is 0 Å². The van der Waals surface area contributed by atoms with Gasteiger partial charge in [-0.05, 0) is 48.7 Å². The van der Waals surface area contributed by atoms with Crippen LogP contribution in [-0.2, 0) is 16.1 Å². The highest BCUT2D eigenvalue weighted by molar-refractivity contribution is 6.04. The monoisotopic (exact) mass is 366 g/mol. The topological polar surface area (TPSA) is 86.7 Å². The van der Waals surface area contributed by atoms with E-state index in [1.54, 1.807) is 43.3 Å².